The zero-order chi connectivity index (χ0) is 14.4. The van der Waals surface area contributed by atoms with Crippen molar-refractivity contribution in [1.29, 1.82) is 0 Å². The fraction of sp³-hybridized carbons (Fsp3) is 0.583. The van der Waals surface area contributed by atoms with Gasteiger partial charge in [-0.3, -0.25) is 4.79 Å². The molecule has 0 aliphatic heterocycles. The van der Waals surface area contributed by atoms with Gasteiger partial charge >= 0.3 is 5.97 Å². The normalized spacial score (nSPS) is 12.2. The Bertz CT molecular complexity index is 459. The molecule has 0 spiro atoms. The third kappa shape index (κ3) is 4.29. The van der Waals surface area contributed by atoms with Crippen LogP contribution in [-0.2, 0) is 11.3 Å². The van der Waals surface area contributed by atoms with Gasteiger partial charge in [0.2, 0.25) is 5.91 Å². The molecule has 1 aromatic rings. The molecule has 0 radical (unpaired) electrons. The van der Waals surface area contributed by atoms with Gasteiger partial charge in [-0.25, -0.2) is 9.78 Å². The van der Waals surface area contributed by atoms with Crippen LogP contribution in [-0.4, -0.2) is 28.5 Å². The largest absolute Gasteiger partial charge is 0.477 e. The summed E-state index contributed by atoms with van der Waals surface area (Å²) in [6.45, 7) is 4.21. The van der Waals surface area contributed by atoms with Gasteiger partial charge in [-0.2, -0.15) is 0 Å². The van der Waals surface area contributed by atoms with Crippen LogP contribution in [0.4, 0.5) is 0 Å². The maximum absolute atomic E-state index is 11.8. The van der Waals surface area contributed by atoms with Gasteiger partial charge in [-0.1, -0.05) is 13.3 Å². The van der Waals surface area contributed by atoms with E-state index in [9.17, 15) is 9.59 Å². The number of carboxylic acid groups (broad SMARTS) is 1. The van der Waals surface area contributed by atoms with Gasteiger partial charge < -0.3 is 16.2 Å². The topological polar surface area (TPSA) is 105 Å². The Morgan fingerprint density at radius 2 is 2.21 bits per heavy atom. The van der Waals surface area contributed by atoms with E-state index in [1.54, 1.807) is 6.92 Å². The Labute approximate surface area is 116 Å². The molecule has 1 amide bonds. The third-order valence-electron chi connectivity index (χ3n) is 2.74. The summed E-state index contributed by atoms with van der Waals surface area (Å²) >= 11 is 1.09. The van der Waals surface area contributed by atoms with Gasteiger partial charge in [0.1, 0.15) is 9.88 Å². The van der Waals surface area contributed by atoms with Gasteiger partial charge in [0, 0.05) is 6.54 Å². The maximum atomic E-state index is 11.8. The predicted octanol–water partition coefficient (Wildman–Crippen LogP) is 1.14. The Morgan fingerprint density at radius 3 is 2.68 bits per heavy atom. The number of carboxylic acids is 1. The highest BCUT2D eigenvalue weighted by molar-refractivity contribution is 7.13. The summed E-state index contributed by atoms with van der Waals surface area (Å²) in [5.74, 6) is -1.28. The standard InChI is InChI=1S/C12H19N3O3S/c1-3-4-8(5-13)11(16)14-6-9-15-7(2)10(19-9)12(17)18/h8H,3-6,13H2,1-2H3,(H,14,16)(H,17,18). The first-order valence-electron chi connectivity index (χ1n) is 6.16. The number of nitrogens with zero attached hydrogens (tertiary/aromatic N) is 1. The number of hydrogen-bond acceptors (Lipinski definition) is 5. The number of aromatic nitrogens is 1. The Hall–Kier alpha value is -1.47. The summed E-state index contributed by atoms with van der Waals surface area (Å²) in [5.41, 5.74) is 6.02. The number of aromatic carboxylic acids is 1. The van der Waals surface area contributed by atoms with E-state index in [0.29, 0.717) is 17.2 Å². The zero-order valence-electron chi connectivity index (χ0n) is 11.1. The molecule has 0 fully saturated rings. The van der Waals surface area contributed by atoms with E-state index >= 15 is 0 Å². The van der Waals surface area contributed by atoms with E-state index in [0.717, 1.165) is 24.2 Å². The van der Waals surface area contributed by atoms with Crippen LogP contribution in [0.2, 0.25) is 0 Å². The second kappa shape index (κ2) is 7.20. The van der Waals surface area contributed by atoms with E-state index in [-0.39, 0.29) is 23.2 Å². The molecule has 1 atom stereocenters. The van der Waals surface area contributed by atoms with Crippen molar-refractivity contribution in [3.63, 3.8) is 0 Å². The highest BCUT2D eigenvalue weighted by atomic mass is 32.1. The smallest absolute Gasteiger partial charge is 0.347 e. The Kier molecular flexibility index (Phi) is 5.91. The van der Waals surface area contributed by atoms with Crippen LogP contribution in [0.5, 0.6) is 0 Å². The number of carbonyl (C=O) groups excluding carboxylic acids is 1. The molecular formula is C12H19N3O3S. The number of carbonyl (C=O) groups is 2. The zero-order valence-corrected chi connectivity index (χ0v) is 11.9. The fourth-order valence-corrected chi connectivity index (χ4v) is 2.58. The summed E-state index contributed by atoms with van der Waals surface area (Å²) in [7, 11) is 0. The summed E-state index contributed by atoms with van der Waals surface area (Å²) in [5, 5.41) is 12.3. The molecule has 0 aromatic carbocycles. The van der Waals surface area contributed by atoms with Crippen molar-refractivity contribution in [2.75, 3.05) is 6.54 Å². The summed E-state index contributed by atoms with van der Waals surface area (Å²) in [4.78, 5) is 27.1. The molecule has 19 heavy (non-hydrogen) atoms. The average molecular weight is 285 g/mol. The predicted molar refractivity (Wildman–Crippen MR) is 73.1 cm³/mol. The molecule has 0 bridgehead atoms. The first-order valence-corrected chi connectivity index (χ1v) is 6.98. The Balaban J connectivity index is 2.59. The highest BCUT2D eigenvalue weighted by Crippen LogP contribution is 2.18. The lowest BCUT2D eigenvalue weighted by atomic mass is 10.0. The van der Waals surface area contributed by atoms with Gasteiger partial charge in [-0.15, -0.1) is 11.3 Å². The lowest BCUT2D eigenvalue weighted by Crippen LogP contribution is -2.34. The minimum Gasteiger partial charge on any atom is -0.477 e. The summed E-state index contributed by atoms with van der Waals surface area (Å²) in [6, 6.07) is 0. The van der Waals surface area contributed by atoms with Crippen molar-refractivity contribution in [3.8, 4) is 0 Å². The van der Waals surface area contributed by atoms with Crippen LogP contribution in [0.15, 0.2) is 0 Å². The lowest BCUT2D eigenvalue weighted by Gasteiger charge is -2.12. The molecular weight excluding hydrogens is 266 g/mol. The molecule has 0 saturated heterocycles. The van der Waals surface area contributed by atoms with Gasteiger partial charge in [0.15, 0.2) is 0 Å². The first kappa shape index (κ1) is 15.6. The quantitative estimate of drug-likeness (QED) is 0.696. The summed E-state index contributed by atoms with van der Waals surface area (Å²) < 4.78 is 0. The van der Waals surface area contributed by atoms with Crippen LogP contribution in [0.3, 0.4) is 0 Å². The third-order valence-corrected chi connectivity index (χ3v) is 3.89. The van der Waals surface area contributed by atoms with Gasteiger partial charge in [-0.05, 0) is 13.3 Å². The molecule has 1 rings (SSSR count). The van der Waals surface area contributed by atoms with Crippen molar-refractivity contribution in [1.82, 2.24) is 10.3 Å². The van der Waals surface area contributed by atoms with E-state index in [1.165, 1.54) is 0 Å². The van der Waals surface area contributed by atoms with Crippen LogP contribution < -0.4 is 11.1 Å². The van der Waals surface area contributed by atoms with Crippen LogP contribution >= 0.6 is 11.3 Å². The van der Waals surface area contributed by atoms with E-state index in [4.69, 9.17) is 10.8 Å². The molecule has 7 heteroatoms. The molecule has 1 heterocycles. The van der Waals surface area contributed by atoms with E-state index in [2.05, 4.69) is 10.3 Å². The summed E-state index contributed by atoms with van der Waals surface area (Å²) in [6.07, 6.45) is 1.65. The second-order valence-corrected chi connectivity index (χ2v) is 5.35. The molecule has 4 N–H and O–H groups in total. The number of hydrogen-bond donors (Lipinski definition) is 3. The van der Waals surface area contributed by atoms with Crippen molar-refractivity contribution < 1.29 is 14.7 Å². The van der Waals surface area contributed by atoms with Gasteiger partial charge in [0.25, 0.3) is 0 Å². The minimum absolute atomic E-state index is 0.103. The van der Waals surface area contributed by atoms with Crippen LogP contribution in [0.1, 0.15) is 40.1 Å². The lowest BCUT2D eigenvalue weighted by molar-refractivity contribution is -0.125. The second-order valence-electron chi connectivity index (χ2n) is 4.27. The first-order chi connectivity index (χ1) is 8.99. The van der Waals surface area contributed by atoms with E-state index < -0.39 is 5.97 Å². The van der Waals surface area contributed by atoms with Crippen LogP contribution in [0.25, 0.3) is 0 Å². The molecule has 0 aliphatic rings. The van der Waals surface area contributed by atoms with E-state index in [1.807, 2.05) is 6.92 Å². The van der Waals surface area contributed by atoms with Crippen molar-refractivity contribution in [2.45, 2.75) is 33.2 Å². The monoisotopic (exact) mass is 285 g/mol. The maximum Gasteiger partial charge on any atom is 0.347 e. The SMILES string of the molecule is CCCC(CN)C(=O)NCc1nc(C)c(C(=O)O)s1. The highest BCUT2D eigenvalue weighted by Gasteiger charge is 2.17. The number of thiazole rings is 1. The number of aryl methyl sites for hydroxylation is 1. The number of rotatable bonds is 7. The average Bonchev–Trinajstić information content (AvgIpc) is 2.74. The number of nitrogens with one attached hydrogen (secondary N) is 1. The minimum atomic E-state index is -0.988. The van der Waals surface area contributed by atoms with Gasteiger partial charge in [0.05, 0.1) is 18.2 Å². The fourth-order valence-electron chi connectivity index (χ4n) is 1.74. The molecule has 6 nitrogen and oxygen atoms in total. The molecule has 1 aromatic heterocycles. The van der Waals surface area contributed by atoms with Crippen molar-refractivity contribution >= 4 is 23.2 Å². The molecule has 0 saturated carbocycles. The molecule has 106 valence electrons. The van der Waals surface area contributed by atoms with Crippen molar-refractivity contribution in [2.24, 2.45) is 11.7 Å². The number of amides is 1. The van der Waals surface area contributed by atoms with Crippen molar-refractivity contribution in [3.05, 3.63) is 15.6 Å². The number of nitrogens with two attached hydrogens (primary N) is 1. The Morgan fingerprint density at radius 1 is 1.53 bits per heavy atom. The van der Waals surface area contributed by atoms with Crippen LogP contribution in [0, 0.1) is 12.8 Å². The molecule has 1 unspecified atom stereocenters. The molecule has 0 aliphatic carbocycles.